The zero-order valence-corrected chi connectivity index (χ0v) is 7.84. The Morgan fingerprint density at radius 3 is 2.36 bits per heavy atom. The molecule has 1 aromatic rings. The van der Waals surface area contributed by atoms with Crippen LogP contribution in [0.1, 0.15) is 17.3 Å². The van der Waals surface area contributed by atoms with Crippen LogP contribution in [-0.2, 0) is 9.53 Å². The summed E-state index contributed by atoms with van der Waals surface area (Å²) >= 11 is 0. The van der Waals surface area contributed by atoms with Crippen LogP contribution < -0.4 is 0 Å². The molecule has 1 rings (SSSR count). The van der Waals surface area contributed by atoms with E-state index in [1.807, 2.05) is 18.2 Å². The number of hydrogen-bond acceptors (Lipinski definition) is 3. The van der Waals surface area contributed by atoms with Crippen LogP contribution >= 0.6 is 0 Å². The van der Waals surface area contributed by atoms with Crippen LogP contribution in [0.3, 0.4) is 0 Å². The van der Waals surface area contributed by atoms with Gasteiger partial charge in [0.25, 0.3) is 6.47 Å². The van der Waals surface area contributed by atoms with Gasteiger partial charge in [-0.15, -0.1) is 0 Å². The summed E-state index contributed by atoms with van der Waals surface area (Å²) in [6.45, 7) is 1.97. The number of carboxylic acid groups (broad SMARTS) is 1. The molecule has 0 saturated carbocycles. The Balaban J connectivity index is 0.000000500. The summed E-state index contributed by atoms with van der Waals surface area (Å²) in [5.41, 5.74) is 0.606. The molecule has 0 bridgehead atoms. The summed E-state index contributed by atoms with van der Waals surface area (Å²) in [6.07, 6.45) is 0. The zero-order valence-electron chi connectivity index (χ0n) is 7.84. The molecule has 1 aromatic carbocycles. The van der Waals surface area contributed by atoms with Gasteiger partial charge in [0.2, 0.25) is 0 Å². The Bertz CT molecular complexity index is 269. The molecule has 0 aliphatic rings. The fraction of sp³-hybridized carbons (Fsp3) is 0.200. The molecule has 0 fully saturated rings. The molecular formula is C10H12O4. The van der Waals surface area contributed by atoms with Gasteiger partial charge >= 0.3 is 5.97 Å². The summed E-state index contributed by atoms with van der Waals surface area (Å²) in [5.74, 6) is -0.256. The van der Waals surface area contributed by atoms with E-state index in [1.165, 1.54) is 0 Å². The molecule has 14 heavy (non-hydrogen) atoms. The first kappa shape index (κ1) is 12.2. The number of rotatable bonds is 2. The van der Waals surface area contributed by atoms with Crippen LogP contribution in [-0.4, -0.2) is 24.2 Å². The van der Waals surface area contributed by atoms with Gasteiger partial charge < -0.3 is 9.84 Å². The van der Waals surface area contributed by atoms with E-state index in [-0.39, 0.29) is 12.4 Å². The Morgan fingerprint density at radius 1 is 1.43 bits per heavy atom. The van der Waals surface area contributed by atoms with Crippen LogP contribution in [0.2, 0.25) is 0 Å². The number of ether oxygens (including phenoxy) is 1. The highest BCUT2D eigenvalue weighted by molar-refractivity contribution is 5.89. The maximum atomic E-state index is 11.0. The second-order valence-corrected chi connectivity index (χ2v) is 2.19. The van der Waals surface area contributed by atoms with Crippen molar-refractivity contribution in [2.24, 2.45) is 0 Å². The first-order valence-corrected chi connectivity index (χ1v) is 4.06. The molecule has 0 amide bonds. The molecule has 76 valence electrons. The molecule has 1 N–H and O–H groups in total. The van der Waals surface area contributed by atoms with Gasteiger partial charge in [0, 0.05) is 0 Å². The molecule has 0 unspecified atom stereocenters. The first-order chi connectivity index (χ1) is 6.76. The molecular weight excluding hydrogens is 184 g/mol. The van der Waals surface area contributed by atoms with E-state index in [4.69, 9.17) is 14.6 Å². The van der Waals surface area contributed by atoms with E-state index in [9.17, 15) is 4.79 Å². The number of carbonyl (C=O) groups excluding carboxylic acids is 1. The van der Waals surface area contributed by atoms with Crippen LogP contribution in [0.4, 0.5) is 0 Å². The standard InChI is InChI=1S/C9H10O2.CH2O2/c1-2-11-9(10)8-6-4-3-5-7-8;2-1-3/h3-7H,2H2,1H3;1H,(H,2,3). The third kappa shape index (κ3) is 4.92. The Morgan fingerprint density at radius 2 is 1.93 bits per heavy atom. The van der Waals surface area contributed by atoms with Crippen molar-refractivity contribution < 1.29 is 19.4 Å². The second-order valence-electron chi connectivity index (χ2n) is 2.19. The lowest BCUT2D eigenvalue weighted by molar-refractivity contribution is -0.122. The van der Waals surface area contributed by atoms with Crippen LogP contribution in [0, 0.1) is 0 Å². The highest BCUT2D eigenvalue weighted by Gasteiger charge is 2.02. The summed E-state index contributed by atoms with van der Waals surface area (Å²) in [6, 6.07) is 8.96. The van der Waals surface area contributed by atoms with Crippen LogP contribution in [0.15, 0.2) is 30.3 Å². The third-order valence-corrected chi connectivity index (χ3v) is 1.28. The maximum Gasteiger partial charge on any atom is 0.338 e. The number of hydrogen-bond donors (Lipinski definition) is 1. The normalized spacial score (nSPS) is 8.07. The highest BCUT2D eigenvalue weighted by Crippen LogP contribution is 1.99. The van der Waals surface area contributed by atoms with Crippen LogP contribution in [0.5, 0.6) is 0 Å². The number of benzene rings is 1. The second kappa shape index (κ2) is 7.79. The summed E-state index contributed by atoms with van der Waals surface area (Å²) in [5, 5.41) is 6.89. The lowest BCUT2D eigenvalue weighted by Crippen LogP contribution is -2.03. The SMILES string of the molecule is CCOC(=O)c1ccccc1.O=CO. The molecule has 0 aromatic heterocycles. The van der Waals surface area contributed by atoms with Gasteiger partial charge in [-0.25, -0.2) is 4.79 Å². The zero-order chi connectivity index (χ0) is 10.8. The molecule has 4 nitrogen and oxygen atoms in total. The third-order valence-electron chi connectivity index (χ3n) is 1.28. The minimum atomic E-state index is -0.256. The minimum Gasteiger partial charge on any atom is -0.483 e. The number of esters is 1. The summed E-state index contributed by atoms with van der Waals surface area (Å²) in [7, 11) is 0. The lowest BCUT2D eigenvalue weighted by atomic mass is 10.2. The number of carbonyl (C=O) groups is 2. The van der Waals surface area contributed by atoms with Crippen molar-refractivity contribution in [3.8, 4) is 0 Å². The molecule has 0 aliphatic carbocycles. The van der Waals surface area contributed by atoms with Crippen molar-refractivity contribution in [1.29, 1.82) is 0 Å². The molecule has 0 aliphatic heterocycles. The van der Waals surface area contributed by atoms with Gasteiger partial charge in [0.15, 0.2) is 0 Å². The van der Waals surface area contributed by atoms with Crippen molar-refractivity contribution in [2.75, 3.05) is 6.61 Å². The van der Waals surface area contributed by atoms with Crippen molar-refractivity contribution in [2.45, 2.75) is 6.92 Å². The summed E-state index contributed by atoms with van der Waals surface area (Å²) < 4.78 is 4.79. The predicted octanol–water partition coefficient (Wildman–Crippen LogP) is 1.56. The molecule has 0 spiro atoms. The van der Waals surface area contributed by atoms with E-state index in [2.05, 4.69) is 0 Å². The van der Waals surface area contributed by atoms with E-state index in [1.54, 1.807) is 19.1 Å². The van der Waals surface area contributed by atoms with Gasteiger partial charge in [-0.05, 0) is 19.1 Å². The van der Waals surface area contributed by atoms with E-state index in [0.29, 0.717) is 12.2 Å². The smallest absolute Gasteiger partial charge is 0.338 e. The quantitative estimate of drug-likeness (QED) is 0.576. The Hall–Kier alpha value is -1.84. The molecule has 4 heteroatoms. The topological polar surface area (TPSA) is 63.6 Å². The van der Waals surface area contributed by atoms with Crippen molar-refractivity contribution in [1.82, 2.24) is 0 Å². The van der Waals surface area contributed by atoms with Gasteiger partial charge in [0.05, 0.1) is 12.2 Å². The molecule has 0 radical (unpaired) electrons. The predicted molar refractivity (Wildman–Crippen MR) is 51.1 cm³/mol. The van der Waals surface area contributed by atoms with Gasteiger partial charge in [-0.2, -0.15) is 0 Å². The monoisotopic (exact) mass is 196 g/mol. The van der Waals surface area contributed by atoms with E-state index >= 15 is 0 Å². The average molecular weight is 196 g/mol. The van der Waals surface area contributed by atoms with Crippen molar-refractivity contribution in [3.63, 3.8) is 0 Å². The summed E-state index contributed by atoms with van der Waals surface area (Å²) in [4.78, 5) is 19.4. The molecule has 0 atom stereocenters. The van der Waals surface area contributed by atoms with E-state index in [0.717, 1.165) is 0 Å². The largest absolute Gasteiger partial charge is 0.483 e. The van der Waals surface area contributed by atoms with Crippen molar-refractivity contribution in [3.05, 3.63) is 35.9 Å². The van der Waals surface area contributed by atoms with Crippen molar-refractivity contribution >= 4 is 12.4 Å². The maximum absolute atomic E-state index is 11.0. The Kier molecular flexibility index (Phi) is 6.77. The van der Waals surface area contributed by atoms with Gasteiger partial charge in [0.1, 0.15) is 0 Å². The lowest BCUT2D eigenvalue weighted by Gasteiger charge is -1.99. The van der Waals surface area contributed by atoms with Gasteiger partial charge in [-0.1, -0.05) is 18.2 Å². The minimum absolute atomic E-state index is 0.250. The molecule has 0 saturated heterocycles. The average Bonchev–Trinajstić information content (AvgIpc) is 2.21. The van der Waals surface area contributed by atoms with Crippen LogP contribution in [0.25, 0.3) is 0 Å². The fourth-order valence-corrected chi connectivity index (χ4v) is 0.789. The first-order valence-electron chi connectivity index (χ1n) is 4.06. The fourth-order valence-electron chi connectivity index (χ4n) is 0.789. The van der Waals surface area contributed by atoms with Gasteiger partial charge in [-0.3, -0.25) is 4.79 Å². The highest BCUT2D eigenvalue weighted by atomic mass is 16.5. The Labute approximate surface area is 82.1 Å². The molecule has 0 heterocycles. The van der Waals surface area contributed by atoms with E-state index < -0.39 is 0 Å².